The van der Waals surface area contributed by atoms with Gasteiger partial charge in [-0.1, -0.05) is 45.1 Å². The highest BCUT2D eigenvalue weighted by Gasteiger charge is 2.24. The SMILES string of the molecule is CN=C(NCc1ccc(N2CC=CC2)cc1)NCC(OC)C(C)(C)C.I. The molecule has 5 nitrogen and oxygen atoms in total. The van der Waals surface area contributed by atoms with E-state index < -0.39 is 0 Å². The van der Waals surface area contributed by atoms with Crippen molar-refractivity contribution >= 4 is 35.6 Å². The molecule has 2 rings (SSSR count). The van der Waals surface area contributed by atoms with Gasteiger partial charge in [0, 0.05) is 46.0 Å². The number of nitrogens with one attached hydrogen (secondary N) is 2. The first kappa shape index (κ1) is 22.8. The van der Waals surface area contributed by atoms with E-state index in [1.54, 1.807) is 14.2 Å². The van der Waals surface area contributed by atoms with Crippen molar-refractivity contribution in [2.75, 3.05) is 38.7 Å². The van der Waals surface area contributed by atoms with Gasteiger partial charge < -0.3 is 20.3 Å². The molecule has 146 valence electrons. The number of anilines is 1. The van der Waals surface area contributed by atoms with Gasteiger partial charge in [0.15, 0.2) is 5.96 Å². The van der Waals surface area contributed by atoms with E-state index in [1.165, 1.54) is 11.3 Å². The quantitative estimate of drug-likeness (QED) is 0.289. The fraction of sp³-hybridized carbons (Fsp3) is 0.550. The molecule has 0 bridgehead atoms. The van der Waals surface area contributed by atoms with E-state index in [-0.39, 0.29) is 35.5 Å². The van der Waals surface area contributed by atoms with E-state index in [9.17, 15) is 0 Å². The van der Waals surface area contributed by atoms with Crippen molar-refractivity contribution in [2.24, 2.45) is 10.4 Å². The molecule has 0 saturated heterocycles. The summed E-state index contributed by atoms with van der Waals surface area (Å²) in [5.74, 6) is 0.791. The molecule has 0 radical (unpaired) electrons. The van der Waals surface area contributed by atoms with Crippen LogP contribution in [0.2, 0.25) is 0 Å². The van der Waals surface area contributed by atoms with Crippen molar-refractivity contribution in [3.8, 4) is 0 Å². The van der Waals surface area contributed by atoms with E-state index in [0.717, 1.165) is 32.1 Å². The molecule has 1 aromatic rings. The normalized spacial score (nSPS) is 15.6. The first-order valence-corrected chi connectivity index (χ1v) is 8.90. The summed E-state index contributed by atoms with van der Waals surface area (Å²) in [6, 6.07) is 8.70. The maximum atomic E-state index is 5.58. The molecule has 0 aliphatic carbocycles. The van der Waals surface area contributed by atoms with Crippen molar-refractivity contribution in [1.29, 1.82) is 0 Å². The van der Waals surface area contributed by atoms with Gasteiger partial charge in [0.25, 0.3) is 0 Å². The molecule has 1 aliphatic rings. The van der Waals surface area contributed by atoms with Gasteiger partial charge in [-0.15, -0.1) is 24.0 Å². The number of hydrogen-bond acceptors (Lipinski definition) is 3. The van der Waals surface area contributed by atoms with Crippen LogP contribution in [0.5, 0.6) is 0 Å². The lowest BCUT2D eigenvalue weighted by Gasteiger charge is -2.30. The number of hydrogen-bond donors (Lipinski definition) is 2. The Morgan fingerprint density at radius 2 is 1.77 bits per heavy atom. The Morgan fingerprint density at radius 1 is 1.15 bits per heavy atom. The van der Waals surface area contributed by atoms with Crippen molar-refractivity contribution in [3.63, 3.8) is 0 Å². The molecule has 0 fully saturated rings. The summed E-state index contributed by atoms with van der Waals surface area (Å²) < 4.78 is 5.58. The van der Waals surface area contributed by atoms with Crippen LogP contribution in [-0.2, 0) is 11.3 Å². The van der Waals surface area contributed by atoms with E-state index >= 15 is 0 Å². The molecule has 0 aromatic heterocycles. The average molecular weight is 472 g/mol. The molecule has 1 aliphatic heterocycles. The third kappa shape index (κ3) is 6.79. The molecule has 1 unspecified atom stereocenters. The number of guanidine groups is 1. The highest BCUT2D eigenvalue weighted by atomic mass is 127. The minimum absolute atomic E-state index is 0. The Labute approximate surface area is 175 Å². The molecule has 0 amide bonds. The molecule has 26 heavy (non-hydrogen) atoms. The fourth-order valence-corrected chi connectivity index (χ4v) is 2.85. The van der Waals surface area contributed by atoms with Crippen LogP contribution in [0.25, 0.3) is 0 Å². The lowest BCUT2D eigenvalue weighted by molar-refractivity contribution is 0.0205. The Kier molecular flexibility index (Phi) is 9.43. The third-order valence-electron chi connectivity index (χ3n) is 4.51. The van der Waals surface area contributed by atoms with Crippen LogP contribution in [0.3, 0.4) is 0 Å². The summed E-state index contributed by atoms with van der Waals surface area (Å²) in [4.78, 5) is 6.64. The highest BCUT2D eigenvalue weighted by Crippen LogP contribution is 2.21. The van der Waals surface area contributed by atoms with Crippen LogP contribution in [0, 0.1) is 5.41 Å². The van der Waals surface area contributed by atoms with Gasteiger partial charge >= 0.3 is 0 Å². The topological polar surface area (TPSA) is 48.9 Å². The van der Waals surface area contributed by atoms with Crippen LogP contribution >= 0.6 is 24.0 Å². The number of rotatable bonds is 6. The second-order valence-electron chi connectivity index (χ2n) is 7.44. The largest absolute Gasteiger partial charge is 0.379 e. The van der Waals surface area contributed by atoms with Crippen molar-refractivity contribution in [1.82, 2.24) is 10.6 Å². The monoisotopic (exact) mass is 472 g/mol. The molecular formula is C20H33IN4O. The van der Waals surface area contributed by atoms with Gasteiger partial charge in [-0.2, -0.15) is 0 Å². The number of benzene rings is 1. The Morgan fingerprint density at radius 3 is 2.27 bits per heavy atom. The Bertz CT molecular complexity index is 585. The number of ether oxygens (including phenoxy) is 1. The Hall–Kier alpha value is -1.28. The smallest absolute Gasteiger partial charge is 0.191 e. The van der Waals surface area contributed by atoms with E-state index in [4.69, 9.17) is 4.74 Å². The zero-order chi connectivity index (χ0) is 18.3. The molecule has 0 saturated carbocycles. The number of methoxy groups -OCH3 is 1. The summed E-state index contributed by atoms with van der Waals surface area (Å²) in [7, 11) is 3.54. The summed E-state index contributed by atoms with van der Waals surface area (Å²) in [6.45, 7) is 10.0. The predicted molar refractivity (Wildman–Crippen MR) is 122 cm³/mol. The van der Waals surface area contributed by atoms with E-state index in [2.05, 4.69) is 77.7 Å². The minimum atomic E-state index is 0. The summed E-state index contributed by atoms with van der Waals surface area (Å²) in [5, 5.41) is 6.71. The first-order valence-electron chi connectivity index (χ1n) is 8.90. The van der Waals surface area contributed by atoms with Crippen molar-refractivity contribution in [2.45, 2.75) is 33.4 Å². The van der Waals surface area contributed by atoms with Crippen LogP contribution in [0.4, 0.5) is 5.69 Å². The minimum Gasteiger partial charge on any atom is -0.379 e. The number of aliphatic imine (C=N–C) groups is 1. The standard InChI is InChI=1S/C20H32N4O.HI/c1-20(2,3)18(25-5)15-23-19(21-4)22-14-16-8-10-17(11-9-16)24-12-6-7-13-24;/h6-11,18H,12-15H2,1-5H3,(H2,21,22,23);1H. The second-order valence-corrected chi connectivity index (χ2v) is 7.44. The van der Waals surface area contributed by atoms with Crippen molar-refractivity contribution < 1.29 is 4.74 Å². The zero-order valence-electron chi connectivity index (χ0n) is 16.6. The molecule has 1 heterocycles. The van der Waals surface area contributed by atoms with Gasteiger partial charge in [-0.25, -0.2) is 0 Å². The Balaban J connectivity index is 0.00000338. The summed E-state index contributed by atoms with van der Waals surface area (Å²) in [5.41, 5.74) is 2.59. The van der Waals surface area contributed by atoms with Crippen LogP contribution < -0.4 is 15.5 Å². The first-order chi connectivity index (χ1) is 11.9. The van der Waals surface area contributed by atoms with Crippen molar-refractivity contribution in [3.05, 3.63) is 42.0 Å². The number of nitrogens with zero attached hydrogens (tertiary/aromatic N) is 2. The van der Waals surface area contributed by atoms with Gasteiger partial charge in [0.2, 0.25) is 0 Å². The molecule has 1 aromatic carbocycles. The molecular weight excluding hydrogens is 439 g/mol. The van der Waals surface area contributed by atoms with Crippen LogP contribution in [-0.4, -0.2) is 45.9 Å². The molecule has 2 N–H and O–H groups in total. The van der Waals surface area contributed by atoms with E-state index in [1.807, 2.05) is 0 Å². The fourth-order valence-electron chi connectivity index (χ4n) is 2.85. The molecule has 6 heteroatoms. The molecule has 1 atom stereocenters. The average Bonchev–Trinajstić information content (AvgIpc) is 3.12. The molecule has 0 spiro atoms. The van der Waals surface area contributed by atoms with E-state index in [0.29, 0.717) is 0 Å². The second kappa shape index (κ2) is 10.8. The predicted octanol–water partition coefficient (Wildman–Crippen LogP) is 3.41. The summed E-state index contributed by atoms with van der Waals surface area (Å²) in [6.07, 6.45) is 4.53. The van der Waals surface area contributed by atoms with Gasteiger partial charge in [-0.3, -0.25) is 4.99 Å². The maximum absolute atomic E-state index is 5.58. The van der Waals surface area contributed by atoms with Crippen LogP contribution in [0.1, 0.15) is 26.3 Å². The summed E-state index contributed by atoms with van der Waals surface area (Å²) >= 11 is 0. The van der Waals surface area contributed by atoms with Crippen LogP contribution in [0.15, 0.2) is 41.4 Å². The van der Waals surface area contributed by atoms with Gasteiger partial charge in [-0.05, 0) is 23.1 Å². The lowest BCUT2D eigenvalue weighted by atomic mass is 9.89. The van der Waals surface area contributed by atoms with Gasteiger partial charge in [0.05, 0.1) is 6.10 Å². The van der Waals surface area contributed by atoms with Gasteiger partial charge in [0.1, 0.15) is 0 Å². The zero-order valence-corrected chi connectivity index (χ0v) is 18.9. The maximum Gasteiger partial charge on any atom is 0.191 e. The third-order valence-corrected chi connectivity index (χ3v) is 4.51. The highest BCUT2D eigenvalue weighted by molar-refractivity contribution is 14.0. The number of halogens is 1. The lowest BCUT2D eigenvalue weighted by Crippen LogP contribution is -2.45.